The van der Waals surface area contributed by atoms with E-state index in [1.54, 1.807) is 0 Å². The van der Waals surface area contributed by atoms with Crippen molar-refractivity contribution in [1.82, 2.24) is 10.2 Å². The van der Waals surface area contributed by atoms with E-state index in [-0.39, 0.29) is 0 Å². The van der Waals surface area contributed by atoms with Crippen LogP contribution in [0, 0.1) is 6.92 Å². The average Bonchev–Trinajstić information content (AvgIpc) is 2.33. The molecule has 1 N–H and O–H groups in total. The van der Waals surface area contributed by atoms with Gasteiger partial charge in [0.15, 0.2) is 0 Å². The first-order valence-corrected chi connectivity index (χ1v) is 6.68. The van der Waals surface area contributed by atoms with Gasteiger partial charge in [-0.05, 0) is 31.0 Å². The molecule has 2 rings (SSSR count). The number of halogens is 1. The van der Waals surface area contributed by atoms with E-state index in [9.17, 15) is 0 Å². The molecule has 1 atom stereocenters. The van der Waals surface area contributed by atoms with Crippen LogP contribution in [-0.2, 0) is 0 Å². The molecule has 0 aromatic heterocycles. The lowest BCUT2D eigenvalue weighted by atomic mass is 10.0. The molecule has 2 nitrogen and oxygen atoms in total. The minimum Gasteiger partial charge on any atom is -0.314 e. The Bertz CT molecular complexity index is 359. The Morgan fingerprint density at radius 1 is 1.31 bits per heavy atom. The zero-order valence-electron chi connectivity index (χ0n) is 9.96. The molecule has 1 aromatic carbocycles. The maximum Gasteiger partial charge on any atom is 0.0321 e. The minimum absolute atomic E-state index is 0.522. The molecule has 0 aliphatic carbocycles. The highest BCUT2D eigenvalue weighted by molar-refractivity contribution is 9.10. The Kier molecular flexibility index (Phi) is 4.00. The summed E-state index contributed by atoms with van der Waals surface area (Å²) in [5, 5.41) is 3.39. The van der Waals surface area contributed by atoms with Crippen molar-refractivity contribution in [3.05, 3.63) is 33.8 Å². The van der Waals surface area contributed by atoms with Gasteiger partial charge in [0, 0.05) is 36.7 Å². The van der Waals surface area contributed by atoms with Crippen LogP contribution in [0.25, 0.3) is 0 Å². The lowest BCUT2D eigenvalue weighted by Crippen LogP contribution is -2.44. The molecule has 1 aliphatic rings. The van der Waals surface area contributed by atoms with Crippen molar-refractivity contribution in [2.75, 3.05) is 26.2 Å². The second kappa shape index (κ2) is 5.30. The third-order valence-electron chi connectivity index (χ3n) is 3.36. The molecule has 16 heavy (non-hydrogen) atoms. The van der Waals surface area contributed by atoms with Crippen molar-refractivity contribution in [3.8, 4) is 0 Å². The summed E-state index contributed by atoms with van der Waals surface area (Å²) in [4.78, 5) is 2.54. The van der Waals surface area contributed by atoms with Crippen molar-refractivity contribution in [3.63, 3.8) is 0 Å². The van der Waals surface area contributed by atoms with E-state index in [4.69, 9.17) is 0 Å². The van der Waals surface area contributed by atoms with Gasteiger partial charge in [0.2, 0.25) is 0 Å². The summed E-state index contributed by atoms with van der Waals surface area (Å²) in [7, 11) is 0. The van der Waals surface area contributed by atoms with Crippen LogP contribution in [0.4, 0.5) is 0 Å². The van der Waals surface area contributed by atoms with E-state index in [1.165, 1.54) is 15.6 Å². The quantitative estimate of drug-likeness (QED) is 0.897. The van der Waals surface area contributed by atoms with Crippen molar-refractivity contribution in [1.29, 1.82) is 0 Å². The van der Waals surface area contributed by atoms with Crippen LogP contribution in [0.2, 0.25) is 0 Å². The second-order valence-corrected chi connectivity index (χ2v) is 5.32. The lowest BCUT2D eigenvalue weighted by Gasteiger charge is -2.33. The van der Waals surface area contributed by atoms with Gasteiger partial charge in [-0.1, -0.05) is 28.1 Å². The topological polar surface area (TPSA) is 15.3 Å². The van der Waals surface area contributed by atoms with Crippen LogP contribution in [0.15, 0.2) is 22.7 Å². The Labute approximate surface area is 106 Å². The van der Waals surface area contributed by atoms with Crippen LogP contribution in [0.3, 0.4) is 0 Å². The number of hydrogen-bond acceptors (Lipinski definition) is 2. The summed E-state index contributed by atoms with van der Waals surface area (Å²) in [6.45, 7) is 8.97. The Balaban J connectivity index is 2.12. The molecule has 88 valence electrons. The predicted molar refractivity (Wildman–Crippen MR) is 71.7 cm³/mol. The predicted octanol–water partition coefficient (Wildman–Crippen LogP) is 2.72. The molecule has 1 heterocycles. The van der Waals surface area contributed by atoms with Crippen LogP contribution in [0.5, 0.6) is 0 Å². The van der Waals surface area contributed by atoms with Gasteiger partial charge in [-0.3, -0.25) is 4.90 Å². The first kappa shape index (κ1) is 12.1. The molecule has 1 saturated heterocycles. The molecule has 1 fully saturated rings. The summed E-state index contributed by atoms with van der Waals surface area (Å²) in [5.41, 5.74) is 2.74. The van der Waals surface area contributed by atoms with Gasteiger partial charge >= 0.3 is 0 Å². The van der Waals surface area contributed by atoms with Crippen LogP contribution in [0.1, 0.15) is 24.1 Å². The molecule has 1 unspecified atom stereocenters. The Hall–Kier alpha value is -0.380. The summed E-state index contributed by atoms with van der Waals surface area (Å²) < 4.78 is 1.20. The zero-order valence-corrected chi connectivity index (χ0v) is 11.5. The van der Waals surface area contributed by atoms with Crippen LogP contribution >= 0.6 is 15.9 Å². The average molecular weight is 283 g/mol. The van der Waals surface area contributed by atoms with Crippen LogP contribution < -0.4 is 5.32 Å². The monoisotopic (exact) mass is 282 g/mol. The van der Waals surface area contributed by atoms with Crippen molar-refractivity contribution < 1.29 is 0 Å². The molecular formula is C13H19BrN2. The molecule has 0 radical (unpaired) electrons. The fraction of sp³-hybridized carbons (Fsp3) is 0.538. The summed E-state index contributed by atoms with van der Waals surface area (Å²) in [6.07, 6.45) is 0. The van der Waals surface area contributed by atoms with Gasteiger partial charge in [0.05, 0.1) is 0 Å². The van der Waals surface area contributed by atoms with E-state index in [0.29, 0.717) is 6.04 Å². The molecule has 1 aromatic rings. The number of piperazine rings is 1. The van der Waals surface area contributed by atoms with Crippen molar-refractivity contribution in [2.24, 2.45) is 0 Å². The summed E-state index contributed by atoms with van der Waals surface area (Å²) in [5.74, 6) is 0. The SMILES string of the molecule is Cc1cc(C(C)N2CCNCC2)ccc1Br. The molecule has 3 heteroatoms. The number of aryl methyl sites for hydroxylation is 1. The van der Waals surface area contributed by atoms with E-state index in [0.717, 1.165) is 26.2 Å². The molecular weight excluding hydrogens is 264 g/mol. The van der Waals surface area contributed by atoms with Gasteiger partial charge < -0.3 is 5.32 Å². The number of nitrogens with zero attached hydrogens (tertiary/aromatic N) is 1. The number of hydrogen-bond donors (Lipinski definition) is 1. The van der Waals surface area contributed by atoms with Gasteiger partial charge in [-0.15, -0.1) is 0 Å². The summed E-state index contributed by atoms with van der Waals surface area (Å²) in [6, 6.07) is 7.19. The van der Waals surface area contributed by atoms with E-state index < -0.39 is 0 Å². The van der Waals surface area contributed by atoms with Gasteiger partial charge in [-0.25, -0.2) is 0 Å². The number of benzene rings is 1. The Morgan fingerprint density at radius 2 is 2.00 bits per heavy atom. The van der Waals surface area contributed by atoms with E-state index in [1.807, 2.05) is 0 Å². The highest BCUT2D eigenvalue weighted by Crippen LogP contribution is 2.25. The highest BCUT2D eigenvalue weighted by Gasteiger charge is 2.17. The van der Waals surface area contributed by atoms with E-state index >= 15 is 0 Å². The first-order valence-electron chi connectivity index (χ1n) is 5.89. The van der Waals surface area contributed by atoms with Gasteiger partial charge in [-0.2, -0.15) is 0 Å². The van der Waals surface area contributed by atoms with Gasteiger partial charge in [0.25, 0.3) is 0 Å². The fourth-order valence-electron chi connectivity index (χ4n) is 2.21. The molecule has 0 bridgehead atoms. The smallest absolute Gasteiger partial charge is 0.0321 e. The third kappa shape index (κ3) is 2.65. The van der Waals surface area contributed by atoms with E-state index in [2.05, 4.69) is 58.2 Å². The standard InChI is InChI=1S/C13H19BrN2/c1-10-9-12(3-4-13(10)14)11(2)16-7-5-15-6-8-16/h3-4,9,11,15H,5-8H2,1-2H3. The van der Waals surface area contributed by atoms with Crippen molar-refractivity contribution in [2.45, 2.75) is 19.9 Å². The molecule has 0 saturated carbocycles. The normalized spacial score (nSPS) is 19.7. The maximum atomic E-state index is 3.55. The van der Waals surface area contributed by atoms with Gasteiger partial charge in [0.1, 0.15) is 0 Å². The van der Waals surface area contributed by atoms with Crippen molar-refractivity contribution >= 4 is 15.9 Å². The Morgan fingerprint density at radius 3 is 2.62 bits per heavy atom. The lowest BCUT2D eigenvalue weighted by molar-refractivity contribution is 0.185. The van der Waals surface area contributed by atoms with Crippen LogP contribution in [-0.4, -0.2) is 31.1 Å². The first-order chi connectivity index (χ1) is 7.68. The molecule has 0 spiro atoms. The molecule has 0 amide bonds. The summed E-state index contributed by atoms with van der Waals surface area (Å²) >= 11 is 3.55. The zero-order chi connectivity index (χ0) is 11.5. The highest BCUT2D eigenvalue weighted by atomic mass is 79.9. The maximum absolute atomic E-state index is 3.55. The third-order valence-corrected chi connectivity index (χ3v) is 4.25. The number of rotatable bonds is 2. The molecule has 1 aliphatic heterocycles. The largest absolute Gasteiger partial charge is 0.314 e. The number of nitrogens with one attached hydrogen (secondary N) is 1. The minimum atomic E-state index is 0.522. The fourth-order valence-corrected chi connectivity index (χ4v) is 2.45. The second-order valence-electron chi connectivity index (χ2n) is 4.47.